The van der Waals surface area contributed by atoms with Crippen molar-refractivity contribution in [2.45, 2.75) is 58.9 Å². The van der Waals surface area contributed by atoms with Gasteiger partial charge in [-0.15, -0.1) is 6.58 Å². The first-order valence-corrected chi connectivity index (χ1v) is 13.8. The lowest BCUT2D eigenvalue weighted by molar-refractivity contribution is -0.112. The summed E-state index contributed by atoms with van der Waals surface area (Å²) in [6, 6.07) is 21.4. The Balaban J connectivity index is 2.45. The van der Waals surface area contributed by atoms with Crippen LogP contribution in [0.3, 0.4) is 0 Å². The second-order valence-electron chi connectivity index (χ2n) is 10.2. The van der Waals surface area contributed by atoms with Crippen molar-refractivity contribution >= 4 is 25.0 Å². The molecule has 0 spiro atoms. The van der Waals surface area contributed by atoms with Crippen LogP contribution in [0.4, 0.5) is 0 Å². The summed E-state index contributed by atoms with van der Waals surface area (Å²) < 4.78 is 7.00. The van der Waals surface area contributed by atoms with Crippen molar-refractivity contribution in [1.29, 1.82) is 0 Å². The van der Waals surface area contributed by atoms with Crippen molar-refractivity contribution in [2.24, 2.45) is 5.41 Å². The predicted molar refractivity (Wildman–Crippen MR) is 145 cm³/mol. The Morgan fingerprint density at radius 2 is 1.48 bits per heavy atom. The van der Waals surface area contributed by atoms with Crippen LogP contribution in [0.15, 0.2) is 97.1 Å². The summed E-state index contributed by atoms with van der Waals surface area (Å²) in [5.41, 5.74) is 0.723. The maximum absolute atomic E-state index is 11.4. The minimum Gasteiger partial charge on any atom is -0.404 e. The molecule has 0 fully saturated rings. The number of allylic oxidation sites excluding steroid dienone is 4. The van der Waals surface area contributed by atoms with Crippen molar-refractivity contribution in [3.63, 3.8) is 0 Å². The molecule has 0 amide bonds. The molecule has 176 valence electrons. The summed E-state index contributed by atoms with van der Waals surface area (Å²) in [6.45, 7) is 15.1. The molecule has 0 saturated heterocycles. The maximum Gasteiger partial charge on any atom is 0.261 e. The lowest BCUT2D eigenvalue weighted by Crippen LogP contribution is -2.66. The van der Waals surface area contributed by atoms with E-state index in [1.165, 1.54) is 15.9 Å². The molecule has 3 heteroatoms. The quantitative estimate of drug-likeness (QED) is 0.117. The third-order valence-corrected chi connectivity index (χ3v) is 11.0. The molecule has 0 aliphatic carbocycles. The fraction of sp³-hybridized carbons (Fsp3) is 0.367. The Labute approximate surface area is 202 Å². The lowest BCUT2D eigenvalue weighted by Gasteiger charge is -2.42. The Hall–Kier alpha value is -2.49. The summed E-state index contributed by atoms with van der Waals surface area (Å²) in [7, 11) is -2.56. The van der Waals surface area contributed by atoms with Crippen LogP contribution in [-0.4, -0.2) is 21.2 Å². The molecule has 0 unspecified atom stereocenters. The molecule has 2 nitrogen and oxygen atoms in total. The Morgan fingerprint density at radius 3 is 1.94 bits per heavy atom. The van der Waals surface area contributed by atoms with Crippen molar-refractivity contribution in [3.8, 4) is 0 Å². The fourth-order valence-electron chi connectivity index (χ4n) is 4.10. The van der Waals surface area contributed by atoms with Gasteiger partial charge in [0.25, 0.3) is 8.32 Å². The molecule has 0 radical (unpaired) electrons. The van der Waals surface area contributed by atoms with E-state index in [1.54, 1.807) is 0 Å². The second kappa shape index (κ2) is 12.1. The van der Waals surface area contributed by atoms with E-state index in [4.69, 9.17) is 4.43 Å². The fourth-order valence-corrected chi connectivity index (χ4v) is 8.59. The van der Waals surface area contributed by atoms with Crippen LogP contribution < -0.4 is 10.4 Å². The van der Waals surface area contributed by atoms with E-state index < -0.39 is 13.7 Å². The first-order valence-electron chi connectivity index (χ1n) is 11.9. The Kier molecular flexibility index (Phi) is 9.81. The molecule has 0 bridgehead atoms. The van der Waals surface area contributed by atoms with Crippen LogP contribution >= 0.6 is 0 Å². The van der Waals surface area contributed by atoms with Gasteiger partial charge in [-0.3, -0.25) is 0 Å². The zero-order valence-corrected chi connectivity index (χ0v) is 22.0. The molecule has 33 heavy (non-hydrogen) atoms. The minimum absolute atomic E-state index is 0.0537. The summed E-state index contributed by atoms with van der Waals surface area (Å²) in [6.07, 6.45) is 12.1. The average molecular weight is 461 g/mol. The van der Waals surface area contributed by atoms with Crippen LogP contribution in [0.25, 0.3) is 0 Å². The van der Waals surface area contributed by atoms with Gasteiger partial charge >= 0.3 is 0 Å². The molecule has 2 aromatic carbocycles. The van der Waals surface area contributed by atoms with Gasteiger partial charge in [-0.1, -0.05) is 111 Å². The normalized spacial score (nSPS) is 13.3. The number of benzene rings is 2. The van der Waals surface area contributed by atoms with Gasteiger partial charge in [-0.25, -0.2) is 0 Å². The van der Waals surface area contributed by atoms with Crippen LogP contribution in [0, 0.1) is 5.41 Å². The van der Waals surface area contributed by atoms with Gasteiger partial charge in [-0.2, -0.15) is 0 Å². The van der Waals surface area contributed by atoms with Crippen LogP contribution in [-0.2, 0) is 9.22 Å². The van der Waals surface area contributed by atoms with Crippen molar-refractivity contribution < 1.29 is 9.22 Å². The van der Waals surface area contributed by atoms with Crippen LogP contribution in [0.1, 0.15) is 53.9 Å². The highest BCUT2D eigenvalue weighted by atomic mass is 28.4. The summed E-state index contributed by atoms with van der Waals surface area (Å²) in [4.78, 5) is 11.4. The molecular formula is C30H40O2Si. The van der Waals surface area contributed by atoms with Crippen molar-refractivity contribution in [3.05, 3.63) is 97.1 Å². The van der Waals surface area contributed by atoms with Gasteiger partial charge < -0.3 is 9.22 Å². The minimum atomic E-state index is -2.56. The van der Waals surface area contributed by atoms with E-state index in [-0.39, 0.29) is 5.04 Å². The lowest BCUT2D eigenvalue weighted by atomic mass is 9.93. The van der Waals surface area contributed by atoms with Gasteiger partial charge in [-0.05, 0) is 48.5 Å². The Bertz CT molecular complexity index is 895. The highest BCUT2D eigenvalue weighted by molar-refractivity contribution is 6.99. The zero-order valence-electron chi connectivity index (χ0n) is 21.0. The van der Waals surface area contributed by atoms with E-state index in [9.17, 15) is 4.79 Å². The predicted octanol–water partition coefficient (Wildman–Crippen LogP) is 6.63. The molecule has 2 aromatic rings. The highest BCUT2D eigenvalue weighted by Gasteiger charge is 2.49. The smallest absolute Gasteiger partial charge is 0.261 e. The van der Waals surface area contributed by atoms with E-state index in [2.05, 4.69) is 100 Å². The molecule has 0 aliphatic heterocycles. The van der Waals surface area contributed by atoms with Crippen LogP contribution in [0.5, 0.6) is 0 Å². The Morgan fingerprint density at radius 1 is 0.939 bits per heavy atom. The number of carbonyl (C=O) groups excluding carboxylic acids is 1. The number of hydrogen-bond acceptors (Lipinski definition) is 2. The molecule has 0 aromatic heterocycles. The van der Waals surface area contributed by atoms with E-state index in [0.29, 0.717) is 6.61 Å². The SMILES string of the molecule is C=CCCCC(/C=C/C(C)(C)C=O)=C\CO[Si](c1ccccc1)(c1ccccc1)C(C)(C)C. The molecule has 0 aliphatic rings. The third-order valence-electron chi connectivity index (χ3n) is 5.97. The molecule has 0 N–H and O–H groups in total. The van der Waals surface area contributed by atoms with Gasteiger partial charge in [0.15, 0.2) is 0 Å². The first kappa shape index (κ1) is 26.8. The van der Waals surface area contributed by atoms with E-state index >= 15 is 0 Å². The largest absolute Gasteiger partial charge is 0.404 e. The number of rotatable bonds is 12. The van der Waals surface area contributed by atoms with Crippen molar-refractivity contribution in [2.75, 3.05) is 6.61 Å². The van der Waals surface area contributed by atoms with E-state index in [1.807, 2.05) is 26.0 Å². The number of unbranched alkanes of at least 4 members (excludes halogenated alkanes) is 1. The summed E-state index contributed by atoms with van der Waals surface area (Å²) in [5, 5.41) is 2.51. The summed E-state index contributed by atoms with van der Waals surface area (Å²) in [5.74, 6) is 0. The van der Waals surface area contributed by atoms with Crippen LogP contribution in [0.2, 0.25) is 5.04 Å². The molecule has 0 saturated carbocycles. The van der Waals surface area contributed by atoms with Gasteiger partial charge in [0.2, 0.25) is 0 Å². The van der Waals surface area contributed by atoms with Gasteiger partial charge in [0.05, 0.1) is 6.61 Å². The summed E-state index contributed by atoms with van der Waals surface area (Å²) >= 11 is 0. The zero-order chi connectivity index (χ0) is 24.4. The number of hydrogen-bond donors (Lipinski definition) is 0. The topological polar surface area (TPSA) is 26.3 Å². The monoisotopic (exact) mass is 460 g/mol. The van der Waals surface area contributed by atoms with Crippen molar-refractivity contribution in [1.82, 2.24) is 0 Å². The standard InChI is InChI=1S/C30H40O2Si/c1-7-8-11-16-26(21-23-30(5,6)25-31)22-24-32-33(29(2,3)4,27-17-12-9-13-18-27)28-19-14-10-15-20-28/h7,9-10,12-15,17-23,25H,1,8,11,16,24H2,2-6H3/b23-21+,26-22+. The molecular weight excluding hydrogens is 420 g/mol. The van der Waals surface area contributed by atoms with E-state index in [0.717, 1.165) is 25.5 Å². The van der Waals surface area contributed by atoms with Gasteiger partial charge in [0, 0.05) is 5.41 Å². The molecule has 0 heterocycles. The molecule has 0 atom stereocenters. The number of aldehydes is 1. The number of carbonyl (C=O) groups is 1. The average Bonchev–Trinajstić information content (AvgIpc) is 2.80. The third kappa shape index (κ3) is 7.25. The maximum atomic E-state index is 11.4. The highest BCUT2D eigenvalue weighted by Crippen LogP contribution is 2.36. The second-order valence-corrected chi connectivity index (χ2v) is 14.5. The van der Waals surface area contributed by atoms with Gasteiger partial charge in [0.1, 0.15) is 6.29 Å². The first-order chi connectivity index (χ1) is 15.7. The molecule has 2 rings (SSSR count).